The van der Waals surface area contributed by atoms with Gasteiger partial charge in [-0.3, -0.25) is 0 Å². The third kappa shape index (κ3) is 3.45. The Balaban J connectivity index is 1.78. The summed E-state index contributed by atoms with van der Waals surface area (Å²) in [6, 6.07) is 9.37. The summed E-state index contributed by atoms with van der Waals surface area (Å²) >= 11 is 1.47. The van der Waals surface area contributed by atoms with Crippen molar-refractivity contribution in [2.45, 2.75) is 17.8 Å². The van der Waals surface area contributed by atoms with Crippen molar-refractivity contribution in [1.29, 1.82) is 0 Å². The van der Waals surface area contributed by atoms with Gasteiger partial charge in [0.1, 0.15) is 22.8 Å². The summed E-state index contributed by atoms with van der Waals surface area (Å²) in [7, 11) is 4.88. The first-order chi connectivity index (χ1) is 12.5. The molecule has 0 aliphatic carbocycles. The summed E-state index contributed by atoms with van der Waals surface area (Å²) in [6.45, 7) is 1.74. The van der Waals surface area contributed by atoms with Crippen LogP contribution in [0.15, 0.2) is 39.9 Å². The summed E-state index contributed by atoms with van der Waals surface area (Å²) < 4.78 is 17.7. The maximum Gasteiger partial charge on any atom is 0.341 e. The van der Waals surface area contributed by atoms with E-state index in [4.69, 9.17) is 13.9 Å². The van der Waals surface area contributed by atoms with E-state index in [9.17, 15) is 4.79 Å². The molecule has 0 atom stereocenters. The number of methoxy groups -OCH3 is 2. The van der Waals surface area contributed by atoms with Gasteiger partial charge in [0.2, 0.25) is 0 Å². The van der Waals surface area contributed by atoms with Crippen molar-refractivity contribution in [3.05, 3.63) is 47.4 Å². The molecule has 0 amide bonds. The smallest absolute Gasteiger partial charge is 0.341 e. The molecular formula is C18H19N3O4S. The summed E-state index contributed by atoms with van der Waals surface area (Å²) in [5.41, 5.74) is 1.31. The molecule has 0 N–H and O–H groups in total. The largest absolute Gasteiger partial charge is 0.496 e. The maximum absolute atomic E-state index is 11.7. The van der Waals surface area contributed by atoms with Crippen LogP contribution in [-0.2, 0) is 17.5 Å². The number of carbonyl (C=O) groups is 1. The molecule has 136 valence electrons. The van der Waals surface area contributed by atoms with Gasteiger partial charge in [-0.15, -0.1) is 10.2 Å². The summed E-state index contributed by atoms with van der Waals surface area (Å²) in [4.78, 5) is 11.7. The fourth-order valence-electron chi connectivity index (χ4n) is 2.57. The molecule has 2 heterocycles. The lowest BCUT2D eigenvalue weighted by Gasteiger charge is -2.07. The zero-order valence-corrected chi connectivity index (χ0v) is 15.8. The molecule has 0 radical (unpaired) electrons. The number of esters is 1. The first-order valence-corrected chi connectivity index (χ1v) is 8.87. The maximum atomic E-state index is 11.7. The molecule has 0 unspecified atom stereocenters. The summed E-state index contributed by atoms with van der Waals surface area (Å²) in [5, 5.41) is 9.26. The number of carbonyl (C=O) groups excluding carboxylic acids is 1. The minimum atomic E-state index is -0.403. The molecule has 0 fully saturated rings. The van der Waals surface area contributed by atoms with E-state index < -0.39 is 5.97 Å². The Morgan fingerprint density at radius 3 is 2.77 bits per heavy atom. The van der Waals surface area contributed by atoms with Gasteiger partial charge in [0.15, 0.2) is 11.0 Å². The second-order valence-electron chi connectivity index (χ2n) is 5.53. The number of thioether (sulfide) groups is 1. The minimum absolute atomic E-state index is 0.403. The van der Waals surface area contributed by atoms with Crippen LogP contribution in [0.5, 0.6) is 5.75 Å². The Morgan fingerprint density at radius 2 is 2.04 bits per heavy atom. The molecule has 0 saturated carbocycles. The number of para-hydroxylation sites is 1. The molecule has 3 aromatic rings. The van der Waals surface area contributed by atoms with E-state index in [1.165, 1.54) is 18.9 Å². The predicted molar refractivity (Wildman–Crippen MR) is 97.3 cm³/mol. The van der Waals surface area contributed by atoms with Gasteiger partial charge in [-0.05, 0) is 25.1 Å². The van der Waals surface area contributed by atoms with E-state index in [1.807, 2.05) is 35.9 Å². The van der Waals surface area contributed by atoms with Gasteiger partial charge < -0.3 is 18.5 Å². The first-order valence-electron chi connectivity index (χ1n) is 7.88. The highest BCUT2D eigenvalue weighted by atomic mass is 32.2. The van der Waals surface area contributed by atoms with Gasteiger partial charge >= 0.3 is 5.97 Å². The van der Waals surface area contributed by atoms with Gasteiger partial charge in [-0.1, -0.05) is 23.9 Å². The van der Waals surface area contributed by atoms with Gasteiger partial charge in [-0.2, -0.15) is 0 Å². The lowest BCUT2D eigenvalue weighted by atomic mass is 10.2. The topological polar surface area (TPSA) is 79.4 Å². The van der Waals surface area contributed by atoms with Crippen molar-refractivity contribution in [1.82, 2.24) is 14.8 Å². The highest BCUT2D eigenvalue weighted by Gasteiger charge is 2.18. The Labute approximate surface area is 155 Å². The van der Waals surface area contributed by atoms with Crippen LogP contribution < -0.4 is 4.74 Å². The number of nitrogens with zero attached hydrogens (tertiary/aromatic N) is 3. The van der Waals surface area contributed by atoms with Crippen LogP contribution in [0, 0.1) is 6.92 Å². The molecule has 0 saturated heterocycles. The lowest BCUT2D eigenvalue weighted by Crippen LogP contribution is -2.00. The van der Waals surface area contributed by atoms with Gasteiger partial charge in [0, 0.05) is 7.05 Å². The van der Waals surface area contributed by atoms with Crippen molar-refractivity contribution in [2.24, 2.45) is 7.05 Å². The van der Waals surface area contributed by atoms with E-state index >= 15 is 0 Å². The average Bonchev–Trinajstić information content (AvgIpc) is 3.21. The number of hydrogen-bond donors (Lipinski definition) is 0. The van der Waals surface area contributed by atoms with Crippen molar-refractivity contribution in [3.63, 3.8) is 0 Å². The summed E-state index contributed by atoms with van der Waals surface area (Å²) in [6.07, 6.45) is 0. The van der Waals surface area contributed by atoms with E-state index in [1.54, 1.807) is 20.1 Å². The highest BCUT2D eigenvalue weighted by Crippen LogP contribution is 2.31. The predicted octanol–water partition coefficient (Wildman–Crippen LogP) is 3.47. The van der Waals surface area contributed by atoms with E-state index in [2.05, 4.69) is 10.2 Å². The molecule has 1 aromatic carbocycles. The number of furan rings is 1. The fraction of sp³-hybridized carbons (Fsp3) is 0.278. The third-order valence-electron chi connectivity index (χ3n) is 3.90. The molecule has 26 heavy (non-hydrogen) atoms. The van der Waals surface area contributed by atoms with Crippen LogP contribution in [0.25, 0.3) is 11.4 Å². The van der Waals surface area contributed by atoms with Gasteiger partial charge in [-0.25, -0.2) is 4.79 Å². The summed E-state index contributed by atoms with van der Waals surface area (Å²) in [5.74, 6) is 2.80. The molecule has 0 bridgehead atoms. The standard InChI is InChI=1S/C18H19N3O4S/c1-11-14(17(22)24-4)9-12(25-11)10-26-18-20-19-16(21(18)2)13-7-5-6-8-15(13)23-3/h5-9H,10H2,1-4H3. The van der Waals surface area contributed by atoms with Crippen LogP contribution >= 0.6 is 11.8 Å². The van der Waals surface area contributed by atoms with E-state index in [-0.39, 0.29) is 0 Å². The molecule has 8 heteroatoms. The second-order valence-corrected chi connectivity index (χ2v) is 6.47. The average molecular weight is 373 g/mol. The number of ether oxygens (including phenoxy) is 2. The van der Waals surface area contributed by atoms with Crippen molar-refractivity contribution in [2.75, 3.05) is 14.2 Å². The van der Waals surface area contributed by atoms with Gasteiger partial charge in [0.25, 0.3) is 0 Å². The normalized spacial score (nSPS) is 10.8. The monoisotopic (exact) mass is 373 g/mol. The first kappa shape index (κ1) is 18.1. The van der Waals surface area contributed by atoms with Crippen LogP contribution in [0.3, 0.4) is 0 Å². The number of aryl methyl sites for hydroxylation is 1. The van der Waals surface area contributed by atoms with Crippen molar-refractivity contribution < 1.29 is 18.7 Å². The Hall–Kier alpha value is -2.74. The lowest BCUT2D eigenvalue weighted by molar-refractivity contribution is 0.0599. The number of rotatable bonds is 6. The van der Waals surface area contributed by atoms with E-state index in [0.29, 0.717) is 22.8 Å². The van der Waals surface area contributed by atoms with Crippen LogP contribution in [0.2, 0.25) is 0 Å². The van der Waals surface area contributed by atoms with Crippen molar-refractivity contribution >= 4 is 17.7 Å². The molecular weight excluding hydrogens is 354 g/mol. The zero-order chi connectivity index (χ0) is 18.7. The zero-order valence-electron chi connectivity index (χ0n) is 15.0. The fourth-order valence-corrected chi connectivity index (χ4v) is 3.36. The minimum Gasteiger partial charge on any atom is -0.496 e. The molecule has 0 aliphatic rings. The Kier molecular flexibility index (Phi) is 5.32. The van der Waals surface area contributed by atoms with Crippen LogP contribution in [-0.4, -0.2) is 35.0 Å². The molecule has 7 nitrogen and oxygen atoms in total. The Morgan fingerprint density at radius 1 is 1.27 bits per heavy atom. The third-order valence-corrected chi connectivity index (χ3v) is 4.94. The highest BCUT2D eigenvalue weighted by molar-refractivity contribution is 7.98. The quantitative estimate of drug-likeness (QED) is 0.483. The van der Waals surface area contributed by atoms with Crippen LogP contribution in [0.4, 0.5) is 0 Å². The Bertz CT molecular complexity index is 932. The number of benzene rings is 1. The second kappa shape index (κ2) is 7.65. The SMILES string of the molecule is COC(=O)c1cc(CSc2nnc(-c3ccccc3OC)n2C)oc1C. The van der Waals surface area contributed by atoms with Gasteiger partial charge in [0.05, 0.1) is 25.5 Å². The number of hydrogen-bond acceptors (Lipinski definition) is 7. The molecule has 0 aliphatic heterocycles. The van der Waals surface area contributed by atoms with Crippen LogP contribution in [0.1, 0.15) is 21.9 Å². The van der Waals surface area contributed by atoms with Crippen molar-refractivity contribution in [3.8, 4) is 17.1 Å². The molecule has 3 rings (SSSR count). The number of aromatic nitrogens is 3. The molecule has 0 spiro atoms. The van der Waals surface area contributed by atoms with E-state index in [0.717, 1.165) is 22.3 Å². The molecule has 2 aromatic heterocycles.